The minimum atomic E-state index is -0.422. The summed E-state index contributed by atoms with van der Waals surface area (Å²) in [4.78, 5) is 21.7. The third kappa shape index (κ3) is 4.34. The second-order valence-corrected chi connectivity index (χ2v) is 5.60. The largest absolute Gasteiger partial charge is 0.384 e. The zero-order valence-corrected chi connectivity index (χ0v) is 12.3. The van der Waals surface area contributed by atoms with Crippen LogP contribution in [0.5, 0.6) is 0 Å². The van der Waals surface area contributed by atoms with E-state index in [9.17, 15) is 14.9 Å². The van der Waals surface area contributed by atoms with Crippen molar-refractivity contribution < 1.29 is 9.72 Å². The van der Waals surface area contributed by atoms with E-state index in [0.29, 0.717) is 19.0 Å². The number of non-ortho nitro benzene ring substituents is 1. The summed E-state index contributed by atoms with van der Waals surface area (Å²) in [6.45, 7) is 0.520. The lowest BCUT2D eigenvalue weighted by molar-refractivity contribution is -0.384. The maximum absolute atomic E-state index is 11.5. The molecule has 0 aliphatic heterocycles. The molecule has 6 nitrogen and oxygen atoms in total. The van der Waals surface area contributed by atoms with Crippen molar-refractivity contribution in [2.45, 2.75) is 25.3 Å². The van der Waals surface area contributed by atoms with E-state index >= 15 is 0 Å². The predicted molar refractivity (Wildman–Crippen MR) is 80.1 cm³/mol. The lowest BCUT2D eigenvalue weighted by Gasteiger charge is -2.08. The zero-order chi connectivity index (χ0) is 13.8. The highest BCUT2D eigenvalue weighted by atomic mass is 127. The monoisotopic (exact) mass is 375 g/mol. The number of hydrogen-bond acceptors (Lipinski definition) is 4. The number of carbonyl (C=O) groups excluding carboxylic acids is 1. The molecule has 0 aromatic heterocycles. The highest BCUT2D eigenvalue weighted by molar-refractivity contribution is 14.1. The van der Waals surface area contributed by atoms with Gasteiger partial charge in [0, 0.05) is 40.4 Å². The van der Waals surface area contributed by atoms with Crippen LogP contribution in [-0.4, -0.2) is 23.4 Å². The Kier molecular flexibility index (Phi) is 4.56. The maximum Gasteiger partial charge on any atom is 0.270 e. The Morgan fingerprint density at radius 3 is 2.79 bits per heavy atom. The van der Waals surface area contributed by atoms with Crippen LogP contribution in [0.25, 0.3) is 0 Å². The Balaban J connectivity index is 1.81. The summed E-state index contributed by atoms with van der Waals surface area (Å²) in [5.41, 5.74) is 0.881. The molecule has 1 saturated carbocycles. The van der Waals surface area contributed by atoms with Crippen LogP contribution in [0.15, 0.2) is 18.2 Å². The molecule has 0 spiro atoms. The van der Waals surface area contributed by atoms with E-state index in [1.165, 1.54) is 12.1 Å². The van der Waals surface area contributed by atoms with Gasteiger partial charge in [-0.15, -0.1) is 0 Å². The van der Waals surface area contributed by atoms with E-state index in [-0.39, 0.29) is 11.6 Å². The standard InChI is InChI=1S/C12H14IN3O3/c13-10-7-9(16(18)19)3-4-11(10)14-6-5-12(17)15-8-1-2-8/h3-4,7-8,14H,1-2,5-6H2,(H,15,17). The number of hydrogen-bond donors (Lipinski definition) is 2. The second kappa shape index (κ2) is 6.18. The van der Waals surface area contributed by atoms with Gasteiger partial charge >= 0.3 is 0 Å². The van der Waals surface area contributed by atoms with E-state index in [0.717, 1.165) is 22.1 Å². The number of amides is 1. The number of carbonyl (C=O) groups is 1. The van der Waals surface area contributed by atoms with Crippen LogP contribution in [0.3, 0.4) is 0 Å². The molecule has 0 atom stereocenters. The summed E-state index contributed by atoms with van der Waals surface area (Å²) in [5.74, 6) is 0.0481. The molecule has 1 fully saturated rings. The molecule has 2 rings (SSSR count). The number of halogens is 1. The van der Waals surface area contributed by atoms with Crippen LogP contribution in [0, 0.1) is 13.7 Å². The minimum Gasteiger partial charge on any atom is -0.384 e. The number of anilines is 1. The van der Waals surface area contributed by atoms with Gasteiger partial charge in [-0.2, -0.15) is 0 Å². The average Bonchev–Trinajstić information content (AvgIpc) is 3.14. The highest BCUT2D eigenvalue weighted by Crippen LogP contribution is 2.23. The van der Waals surface area contributed by atoms with Gasteiger partial charge in [0.2, 0.25) is 5.91 Å². The van der Waals surface area contributed by atoms with Gasteiger partial charge in [-0.3, -0.25) is 14.9 Å². The number of benzene rings is 1. The molecule has 0 radical (unpaired) electrons. The predicted octanol–water partition coefficient (Wildman–Crippen LogP) is 2.28. The molecule has 1 amide bonds. The highest BCUT2D eigenvalue weighted by Gasteiger charge is 2.22. The minimum absolute atomic E-state index is 0.0481. The Bertz CT molecular complexity index is 503. The molecule has 1 aromatic carbocycles. The number of nitro groups is 1. The summed E-state index contributed by atoms with van der Waals surface area (Å²) in [6, 6.07) is 5.01. The van der Waals surface area contributed by atoms with Crippen LogP contribution in [0.1, 0.15) is 19.3 Å². The quantitative estimate of drug-likeness (QED) is 0.454. The number of nitro benzene ring substituents is 1. The molecule has 2 N–H and O–H groups in total. The van der Waals surface area contributed by atoms with Gasteiger partial charge in [0.05, 0.1) is 4.92 Å². The summed E-state index contributed by atoms with van der Waals surface area (Å²) in [5, 5.41) is 16.6. The molecule has 1 aliphatic carbocycles. The van der Waals surface area contributed by atoms with Crippen molar-refractivity contribution >= 4 is 39.9 Å². The fourth-order valence-corrected chi connectivity index (χ4v) is 2.29. The summed E-state index contributed by atoms with van der Waals surface area (Å²) in [7, 11) is 0. The van der Waals surface area contributed by atoms with E-state index < -0.39 is 4.92 Å². The first kappa shape index (κ1) is 14.0. The maximum atomic E-state index is 11.5. The average molecular weight is 375 g/mol. The lowest BCUT2D eigenvalue weighted by atomic mass is 10.2. The van der Waals surface area contributed by atoms with Crippen LogP contribution < -0.4 is 10.6 Å². The van der Waals surface area contributed by atoms with Gasteiger partial charge in [0.1, 0.15) is 0 Å². The first-order valence-electron chi connectivity index (χ1n) is 6.03. The van der Waals surface area contributed by atoms with Crippen molar-refractivity contribution in [1.82, 2.24) is 5.32 Å². The lowest BCUT2D eigenvalue weighted by Crippen LogP contribution is -2.27. The van der Waals surface area contributed by atoms with Crippen LogP contribution in [0.2, 0.25) is 0 Å². The first-order chi connectivity index (χ1) is 9.06. The van der Waals surface area contributed by atoms with E-state index in [2.05, 4.69) is 10.6 Å². The second-order valence-electron chi connectivity index (χ2n) is 4.44. The molecule has 0 heterocycles. The Morgan fingerprint density at radius 2 is 2.21 bits per heavy atom. The van der Waals surface area contributed by atoms with Gasteiger partial charge in [0.25, 0.3) is 5.69 Å². The van der Waals surface area contributed by atoms with E-state index in [1.54, 1.807) is 6.07 Å². The van der Waals surface area contributed by atoms with Gasteiger partial charge in [-0.25, -0.2) is 0 Å². The van der Waals surface area contributed by atoms with Crippen molar-refractivity contribution in [2.75, 3.05) is 11.9 Å². The molecule has 102 valence electrons. The Hall–Kier alpha value is -1.38. The number of rotatable bonds is 6. The summed E-state index contributed by atoms with van der Waals surface area (Å²) < 4.78 is 0.773. The topological polar surface area (TPSA) is 84.3 Å². The Morgan fingerprint density at radius 1 is 1.47 bits per heavy atom. The van der Waals surface area contributed by atoms with Gasteiger partial charge in [-0.1, -0.05) is 0 Å². The van der Waals surface area contributed by atoms with Crippen LogP contribution in [0.4, 0.5) is 11.4 Å². The van der Waals surface area contributed by atoms with E-state index in [1.807, 2.05) is 22.6 Å². The van der Waals surface area contributed by atoms with Crippen LogP contribution in [-0.2, 0) is 4.79 Å². The van der Waals surface area contributed by atoms with Crippen molar-refractivity contribution in [3.8, 4) is 0 Å². The summed E-state index contributed by atoms with van der Waals surface area (Å²) in [6.07, 6.45) is 2.57. The smallest absolute Gasteiger partial charge is 0.270 e. The molecular weight excluding hydrogens is 361 g/mol. The third-order valence-corrected chi connectivity index (χ3v) is 3.67. The molecule has 19 heavy (non-hydrogen) atoms. The van der Waals surface area contributed by atoms with Crippen molar-refractivity contribution in [3.63, 3.8) is 0 Å². The van der Waals surface area contributed by atoms with E-state index in [4.69, 9.17) is 0 Å². The first-order valence-corrected chi connectivity index (χ1v) is 7.11. The van der Waals surface area contributed by atoms with Crippen LogP contribution >= 0.6 is 22.6 Å². The molecular formula is C12H14IN3O3. The van der Waals surface area contributed by atoms with Crippen molar-refractivity contribution in [3.05, 3.63) is 31.9 Å². The molecule has 7 heteroatoms. The molecule has 1 aliphatic rings. The molecule has 0 unspecified atom stereocenters. The van der Waals surface area contributed by atoms with Gasteiger partial charge in [0.15, 0.2) is 0 Å². The fraction of sp³-hybridized carbons (Fsp3) is 0.417. The molecule has 0 saturated heterocycles. The van der Waals surface area contributed by atoms with Crippen molar-refractivity contribution in [1.29, 1.82) is 0 Å². The summed E-state index contributed by atoms with van der Waals surface area (Å²) >= 11 is 2.04. The zero-order valence-electron chi connectivity index (χ0n) is 10.2. The fourth-order valence-electron chi connectivity index (χ4n) is 1.60. The Labute approximate surface area is 124 Å². The van der Waals surface area contributed by atoms with Gasteiger partial charge < -0.3 is 10.6 Å². The SMILES string of the molecule is O=C(CCNc1ccc([N+](=O)[O-])cc1I)NC1CC1. The molecule has 1 aromatic rings. The normalized spacial score (nSPS) is 13.9. The number of nitrogens with one attached hydrogen (secondary N) is 2. The molecule has 0 bridgehead atoms. The van der Waals surface area contributed by atoms with Gasteiger partial charge in [-0.05, 0) is 41.5 Å². The third-order valence-electron chi connectivity index (χ3n) is 2.77. The van der Waals surface area contributed by atoms with Crippen molar-refractivity contribution in [2.24, 2.45) is 0 Å². The number of nitrogens with zero attached hydrogens (tertiary/aromatic N) is 1.